The van der Waals surface area contributed by atoms with Crippen molar-refractivity contribution in [1.82, 2.24) is 15.2 Å². The van der Waals surface area contributed by atoms with Gasteiger partial charge in [-0.15, -0.1) is 0 Å². The minimum absolute atomic E-state index is 0.157. The normalized spacial score (nSPS) is 13.9. The molecule has 3 rings (SSSR count). The van der Waals surface area contributed by atoms with Gasteiger partial charge >= 0.3 is 0 Å². The van der Waals surface area contributed by atoms with Crippen molar-refractivity contribution in [2.24, 2.45) is 0 Å². The van der Waals surface area contributed by atoms with Gasteiger partial charge in [0, 0.05) is 23.8 Å². The van der Waals surface area contributed by atoms with Crippen molar-refractivity contribution < 1.29 is 14.4 Å². The van der Waals surface area contributed by atoms with Gasteiger partial charge in [0.1, 0.15) is 0 Å². The van der Waals surface area contributed by atoms with Crippen molar-refractivity contribution >= 4 is 23.4 Å². The lowest BCUT2D eigenvalue weighted by atomic mass is 10.1. The van der Waals surface area contributed by atoms with Gasteiger partial charge in [0.15, 0.2) is 0 Å². The molecule has 7 heteroatoms. The molecule has 1 aliphatic heterocycles. The van der Waals surface area contributed by atoms with Crippen LogP contribution in [0.25, 0.3) is 11.3 Å². The lowest BCUT2D eigenvalue weighted by Crippen LogP contribution is -2.29. The summed E-state index contributed by atoms with van der Waals surface area (Å²) >= 11 is 0. The number of anilines is 1. The van der Waals surface area contributed by atoms with Crippen LogP contribution in [0.1, 0.15) is 25.3 Å². The second kappa shape index (κ2) is 9.45. The number of hydrogen-bond donors (Lipinski definition) is 2. The summed E-state index contributed by atoms with van der Waals surface area (Å²) in [6, 6.07) is 11.8. The van der Waals surface area contributed by atoms with E-state index in [0.29, 0.717) is 36.2 Å². The van der Waals surface area contributed by atoms with Crippen molar-refractivity contribution in [3.63, 3.8) is 0 Å². The monoisotopic (exact) mass is 406 g/mol. The zero-order valence-corrected chi connectivity index (χ0v) is 17.5. The van der Waals surface area contributed by atoms with Crippen LogP contribution in [0.2, 0.25) is 0 Å². The fourth-order valence-electron chi connectivity index (χ4n) is 3.37. The van der Waals surface area contributed by atoms with Crippen molar-refractivity contribution in [2.75, 3.05) is 25.5 Å². The second-order valence-electron chi connectivity index (χ2n) is 7.40. The third-order valence-corrected chi connectivity index (χ3v) is 5.07. The SMILES string of the molecule is CC1=C(CCCNCC(=O)Nc2ccc(-c3cccc(C)c3)nc2)C(=O)N(C)C1=O. The van der Waals surface area contributed by atoms with Crippen molar-refractivity contribution in [1.29, 1.82) is 0 Å². The average Bonchev–Trinajstić information content (AvgIpc) is 2.91. The number of aromatic nitrogens is 1. The molecule has 1 aromatic heterocycles. The van der Waals surface area contributed by atoms with Crippen LogP contribution in [0.4, 0.5) is 5.69 Å². The predicted molar refractivity (Wildman–Crippen MR) is 116 cm³/mol. The van der Waals surface area contributed by atoms with E-state index in [1.165, 1.54) is 12.6 Å². The highest BCUT2D eigenvalue weighted by Gasteiger charge is 2.32. The van der Waals surface area contributed by atoms with Gasteiger partial charge in [-0.25, -0.2) is 0 Å². The number of hydrogen-bond acceptors (Lipinski definition) is 5. The van der Waals surface area contributed by atoms with Gasteiger partial charge in [0.05, 0.1) is 24.1 Å². The van der Waals surface area contributed by atoms with Crippen LogP contribution in [0.5, 0.6) is 0 Å². The molecule has 0 aliphatic carbocycles. The molecule has 1 aliphatic rings. The summed E-state index contributed by atoms with van der Waals surface area (Å²) in [6.45, 7) is 4.44. The van der Waals surface area contributed by atoms with Gasteiger partial charge in [-0.1, -0.05) is 23.8 Å². The second-order valence-corrected chi connectivity index (χ2v) is 7.40. The van der Waals surface area contributed by atoms with E-state index in [9.17, 15) is 14.4 Å². The standard InChI is InChI=1S/C23H26N4O3/c1-15-6-4-7-17(12-15)20-10-9-18(13-25-20)26-21(28)14-24-11-5-8-19-16(2)22(29)27(3)23(19)30/h4,6-7,9-10,12-13,24H,5,8,11,14H2,1-3H3,(H,26,28). The number of likely N-dealkylation sites (N-methyl/N-ethyl adjacent to an activating group) is 1. The number of amides is 3. The molecule has 0 spiro atoms. The maximum atomic E-state index is 12.1. The van der Waals surface area contributed by atoms with Crippen LogP contribution >= 0.6 is 0 Å². The van der Waals surface area contributed by atoms with E-state index in [4.69, 9.17) is 0 Å². The molecule has 2 aromatic rings. The number of nitrogens with one attached hydrogen (secondary N) is 2. The summed E-state index contributed by atoms with van der Waals surface area (Å²) in [7, 11) is 1.49. The third kappa shape index (κ3) is 4.99. The Bertz CT molecular complexity index is 996. The zero-order valence-electron chi connectivity index (χ0n) is 17.5. The van der Waals surface area contributed by atoms with Crippen LogP contribution < -0.4 is 10.6 Å². The molecule has 0 bridgehead atoms. The van der Waals surface area contributed by atoms with Crippen molar-refractivity contribution in [3.05, 3.63) is 59.3 Å². The molecular weight excluding hydrogens is 380 g/mol. The van der Waals surface area contributed by atoms with Crippen LogP contribution in [0.15, 0.2) is 53.7 Å². The van der Waals surface area contributed by atoms with Crippen LogP contribution in [-0.2, 0) is 14.4 Å². The molecule has 0 radical (unpaired) electrons. The molecule has 0 unspecified atom stereocenters. The molecule has 1 aromatic carbocycles. The molecule has 0 atom stereocenters. The van der Waals surface area contributed by atoms with E-state index in [-0.39, 0.29) is 24.3 Å². The Kier molecular flexibility index (Phi) is 6.74. The van der Waals surface area contributed by atoms with Gasteiger partial charge in [-0.2, -0.15) is 0 Å². The third-order valence-electron chi connectivity index (χ3n) is 5.07. The van der Waals surface area contributed by atoms with E-state index in [0.717, 1.165) is 16.2 Å². The molecule has 0 fully saturated rings. The van der Waals surface area contributed by atoms with E-state index < -0.39 is 0 Å². The van der Waals surface area contributed by atoms with E-state index in [1.807, 2.05) is 37.3 Å². The zero-order chi connectivity index (χ0) is 21.7. The van der Waals surface area contributed by atoms with Crippen LogP contribution in [-0.4, -0.2) is 47.7 Å². The Hall–Kier alpha value is -3.32. The highest BCUT2D eigenvalue weighted by Crippen LogP contribution is 2.22. The Balaban J connectivity index is 1.41. The summed E-state index contributed by atoms with van der Waals surface area (Å²) in [6.07, 6.45) is 2.82. The molecule has 0 saturated heterocycles. The number of imide groups is 1. The number of carbonyl (C=O) groups excluding carboxylic acids is 3. The summed E-state index contributed by atoms with van der Waals surface area (Å²) < 4.78 is 0. The summed E-state index contributed by atoms with van der Waals surface area (Å²) in [5.41, 5.74) is 4.77. The fraction of sp³-hybridized carbons (Fsp3) is 0.304. The number of aryl methyl sites for hydroxylation is 1. The van der Waals surface area contributed by atoms with Gasteiger partial charge in [-0.05, 0) is 51.4 Å². The highest BCUT2D eigenvalue weighted by molar-refractivity contribution is 6.18. The molecule has 0 saturated carbocycles. The molecule has 2 N–H and O–H groups in total. The summed E-state index contributed by atoms with van der Waals surface area (Å²) in [5, 5.41) is 5.87. The van der Waals surface area contributed by atoms with Crippen LogP contribution in [0.3, 0.4) is 0 Å². The van der Waals surface area contributed by atoms with Crippen LogP contribution in [0, 0.1) is 6.92 Å². The fourth-order valence-corrected chi connectivity index (χ4v) is 3.37. The van der Waals surface area contributed by atoms with Gasteiger partial charge in [-0.3, -0.25) is 24.3 Å². The summed E-state index contributed by atoms with van der Waals surface area (Å²) in [5.74, 6) is -0.622. The lowest BCUT2D eigenvalue weighted by Gasteiger charge is -2.08. The Morgan fingerprint density at radius 1 is 1.10 bits per heavy atom. The van der Waals surface area contributed by atoms with Crippen molar-refractivity contribution in [3.8, 4) is 11.3 Å². The number of nitrogens with zero attached hydrogens (tertiary/aromatic N) is 2. The molecule has 156 valence electrons. The predicted octanol–water partition coefficient (Wildman–Crippen LogP) is 2.68. The largest absolute Gasteiger partial charge is 0.324 e. The molecule has 2 heterocycles. The number of pyridine rings is 1. The minimum atomic E-state index is -0.232. The maximum Gasteiger partial charge on any atom is 0.256 e. The topological polar surface area (TPSA) is 91.4 Å². The molecule has 30 heavy (non-hydrogen) atoms. The quantitative estimate of drug-likeness (QED) is 0.520. The first-order valence-electron chi connectivity index (χ1n) is 9.92. The average molecular weight is 406 g/mol. The molecule has 3 amide bonds. The lowest BCUT2D eigenvalue weighted by molar-refractivity contribution is -0.136. The summed E-state index contributed by atoms with van der Waals surface area (Å²) in [4.78, 5) is 41.4. The minimum Gasteiger partial charge on any atom is -0.324 e. The highest BCUT2D eigenvalue weighted by atomic mass is 16.2. The number of rotatable bonds is 8. The first kappa shape index (κ1) is 21.4. The Morgan fingerprint density at radius 2 is 1.90 bits per heavy atom. The maximum absolute atomic E-state index is 12.1. The van der Waals surface area contributed by atoms with Gasteiger partial charge in [0.25, 0.3) is 11.8 Å². The smallest absolute Gasteiger partial charge is 0.256 e. The van der Waals surface area contributed by atoms with Crippen molar-refractivity contribution in [2.45, 2.75) is 26.7 Å². The van der Waals surface area contributed by atoms with E-state index >= 15 is 0 Å². The van der Waals surface area contributed by atoms with Gasteiger partial charge < -0.3 is 10.6 Å². The first-order chi connectivity index (χ1) is 14.4. The van der Waals surface area contributed by atoms with E-state index in [1.54, 1.807) is 13.1 Å². The molecule has 7 nitrogen and oxygen atoms in total. The Morgan fingerprint density at radius 3 is 2.53 bits per heavy atom. The number of carbonyl (C=O) groups is 3. The van der Waals surface area contributed by atoms with E-state index in [2.05, 4.69) is 21.7 Å². The first-order valence-corrected chi connectivity index (χ1v) is 9.92. The molecular formula is C23H26N4O3. The van der Waals surface area contributed by atoms with Gasteiger partial charge in [0.2, 0.25) is 5.91 Å². The number of benzene rings is 1. The Labute approximate surface area is 176 Å².